The van der Waals surface area contributed by atoms with E-state index in [0.29, 0.717) is 11.5 Å². The standard InChI is InChI=1S/C32H55N2O2.BrH/c1-23(35)36-30-29(33-17-7-5-8-18-33)21-28-26-14-12-24-11-13-25(34(4)19-9-6-10-20-34)22-32(24,3)27(26)15-16-31(28,30)2;/h24-30H,5-22H2,1-4H3;1H/q+1;/p-1/t24?,25-,26-,27+,28+,29+,30+,31+,32+;/m1./s1. The number of halogens is 1. The van der Waals surface area contributed by atoms with Crippen molar-refractivity contribution in [2.75, 3.05) is 33.2 Å². The molecule has 0 N–H and O–H groups in total. The molecule has 9 atom stereocenters. The predicted octanol–water partition coefficient (Wildman–Crippen LogP) is 3.43. The van der Waals surface area contributed by atoms with Crippen molar-refractivity contribution in [3.05, 3.63) is 0 Å². The smallest absolute Gasteiger partial charge is 0.302 e. The van der Waals surface area contributed by atoms with Crippen LogP contribution in [-0.4, -0.2) is 66.8 Å². The lowest BCUT2D eigenvalue weighted by atomic mass is 9.44. The quantitative estimate of drug-likeness (QED) is 0.379. The van der Waals surface area contributed by atoms with E-state index in [0.717, 1.165) is 29.7 Å². The fourth-order valence-electron chi connectivity index (χ4n) is 11.4. The number of fused-ring (bicyclic) bond motifs is 5. The van der Waals surface area contributed by atoms with Gasteiger partial charge in [-0.15, -0.1) is 0 Å². The third-order valence-corrected chi connectivity index (χ3v) is 13.4. The predicted molar refractivity (Wildman–Crippen MR) is 145 cm³/mol. The minimum absolute atomic E-state index is 0. The van der Waals surface area contributed by atoms with Gasteiger partial charge in [0.2, 0.25) is 0 Å². The minimum Gasteiger partial charge on any atom is -1.00 e. The molecule has 0 bridgehead atoms. The summed E-state index contributed by atoms with van der Waals surface area (Å²) in [5.41, 5.74) is 0.684. The molecule has 0 aromatic rings. The van der Waals surface area contributed by atoms with Gasteiger partial charge in [0, 0.05) is 24.8 Å². The molecule has 212 valence electrons. The zero-order valence-electron chi connectivity index (χ0n) is 24.4. The van der Waals surface area contributed by atoms with E-state index in [1.807, 2.05) is 0 Å². The van der Waals surface area contributed by atoms with Gasteiger partial charge in [0.05, 0.1) is 26.2 Å². The molecular formula is C32H55BrN2O2. The van der Waals surface area contributed by atoms with Crippen LogP contribution in [0.25, 0.3) is 0 Å². The average Bonchev–Trinajstić information content (AvgIpc) is 3.16. The first-order valence-electron chi connectivity index (χ1n) is 16.0. The molecule has 5 heteroatoms. The highest BCUT2D eigenvalue weighted by molar-refractivity contribution is 5.66. The van der Waals surface area contributed by atoms with Gasteiger partial charge in [-0.1, -0.05) is 20.3 Å². The first-order valence-corrected chi connectivity index (χ1v) is 16.0. The highest BCUT2D eigenvalue weighted by atomic mass is 79.9. The van der Waals surface area contributed by atoms with Gasteiger partial charge in [0.1, 0.15) is 6.10 Å². The van der Waals surface area contributed by atoms with Crippen LogP contribution in [0.2, 0.25) is 0 Å². The number of piperidine rings is 2. The van der Waals surface area contributed by atoms with E-state index < -0.39 is 0 Å². The maximum Gasteiger partial charge on any atom is 0.302 e. The zero-order valence-corrected chi connectivity index (χ0v) is 25.9. The normalized spacial score (nSPS) is 47.6. The van der Waals surface area contributed by atoms with Crippen molar-refractivity contribution in [2.24, 2.45) is 34.5 Å². The number of carbonyl (C=O) groups is 1. The Kier molecular flexibility index (Phi) is 8.21. The van der Waals surface area contributed by atoms with Crippen molar-refractivity contribution in [3.63, 3.8) is 0 Å². The number of likely N-dealkylation sites (tertiary alicyclic amines) is 2. The Hall–Kier alpha value is -0.130. The monoisotopic (exact) mass is 578 g/mol. The van der Waals surface area contributed by atoms with Crippen molar-refractivity contribution in [2.45, 2.75) is 129 Å². The fraction of sp³-hybridized carbons (Fsp3) is 0.969. The van der Waals surface area contributed by atoms with Crippen LogP contribution >= 0.6 is 0 Å². The molecule has 0 radical (unpaired) electrons. The van der Waals surface area contributed by atoms with Gasteiger partial charge in [0.25, 0.3) is 0 Å². The number of esters is 1. The van der Waals surface area contributed by atoms with Crippen molar-refractivity contribution in [1.82, 2.24) is 4.90 Å². The van der Waals surface area contributed by atoms with Crippen molar-refractivity contribution in [1.29, 1.82) is 0 Å². The molecule has 2 aliphatic heterocycles. The summed E-state index contributed by atoms with van der Waals surface area (Å²) in [5.74, 6) is 3.33. The Morgan fingerprint density at radius 2 is 1.54 bits per heavy atom. The number of carbonyl (C=O) groups excluding carboxylic acids is 1. The Morgan fingerprint density at radius 1 is 0.865 bits per heavy atom. The molecule has 4 nitrogen and oxygen atoms in total. The summed E-state index contributed by atoms with van der Waals surface area (Å²) in [6.45, 7) is 12.2. The number of nitrogens with zero attached hydrogens (tertiary/aromatic N) is 2. The maximum atomic E-state index is 12.3. The number of ether oxygens (including phenoxy) is 1. The van der Waals surface area contributed by atoms with Crippen LogP contribution < -0.4 is 17.0 Å². The summed E-state index contributed by atoms with van der Waals surface area (Å²) < 4.78 is 7.66. The van der Waals surface area contributed by atoms with Crippen LogP contribution in [0.3, 0.4) is 0 Å². The van der Waals surface area contributed by atoms with Crippen LogP contribution in [0, 0.1) is 34.5 Å². The topological polar surface area (TPSA) is 29.5 Å². The molecule has 0 amide bonds. The highest BCUT2D eigenvalue weighted by Crippen LogP contribution is 2.67. The molecular weight excluding hydrogens is 524 g/mol. The lowest BCUT2D eigenvalue weighted by molar-refractivity contribution is -0.940. The van der Waals surface area contributed by atoms with Gasteiger partial charge in [0.15, 0.2) is 0 Å². The summed E-state index contributed by atoms with van der Waals surface area (Å²) in [7, 11) is 2.61. The molecule has 2 saturated heterocycles. The van der Waals surface area contributed by atoms with E-state index in [-0.39, 0.29) is 34.5 Å². The van der Waals surface area contributed by atoms with Crippen molar-refractivity contribution < 1.29 is 31.0 Å². The molecule has 6 rings (SSSR count). The second-order valence-electron chi connectivity index (χ2n) is 15.1. The second-order valence-corrected chi connectivity index (χ2v) is 15.1. The molecule has 1 unspecified atom stereocenters. The summed E-state index contributed by atoms with van der Waals surface area (Å²) in [6.07, 6.45) is 19.6. The second kappa shape index (κ2) is 10.7. The first kappa shape index (κ1) is 28.4. The van der Waals surface area contributed by atoms with Crippen LogP contribution in [0.1, 0.15) is 111 Å². The van der Waals surface area contributed by atoms with E-state index in [2.05, 4.69) is 25.8 Å². The number of quaternary nitrogens is 1. The Labute approximate surface area is 238 Å². The molecule has 0 aromatic carbocycles. The van der Waals surface area contributed by atoms with Crippen molar-refractivity contribution in [3.8, 4) is 0 Å². The molecule has 0 aromatic heterocycles. The summed E-state index contributed by atoms with van der Waals surface area (Å²) in [6, 6.07) is 1.34. The summed E-state index contributed by atoms with van der Waals surface area (Å²) in [5, 5.41) is 0. The van der Waals surface area contributed by atoms with Crippen LogP contribution in [0.4, 0.5) is 0 Å². The molecule has 2 heterocycles. The van der Waals surface area contributed by atoms with E-state index >= 15 is 0 Å². The van der Waals surface area contributed by atoms with Crippen LogP contribution in [0.15, 0.2) is 0 Å². The third-order valence-electron chi connectivity index (χ3n) is 13.4. The van der Waals surface area contributed by atoms with E-state index in [9.17, 15) is 4.79 Å². The van der Waals surface area contributed by atoms with Crippen LogP contribution in [-0.2, 0) is 9.53 Å². The van der Waals surface area contributed by atoms with E-state index in [4.69, 9.17) is 4.74 Å². The first-order chi connectivity index (χ1) is 17.2. The Balaban J connectivity index is 0.00000280. The Bertz CT molecular complexity index is 824. The largest absolute Gasteiger partial charge is 1.00 e. The van der Waals surface area contributed by atoms with Crippen LogP contribution in [0.5, 0.6) is 0 Å². The van der Waals surface area contributed by atoms with Gasteiger partial charge in [-0.3, -0.25) is 9.69 Å². The maximum absolute atomic E-state index is 12.3. The number of rotatable bonds is 3. The molecule has 6 fully saturated rings. The number of hydrogen-bond acceptors (Lipinski definition) is 3. The fourth-order valence-corrected chi connectivity index (χ4v) is 11.4. The lowest BCUT2D eigenvalue weighted by Gasteiger charge is -2.62. The molecule has 0 spiro atoms. The van der Waals surface area contributed by atoms with E-state index in [1.54, 1.807) is 6.92 Å². The van der Waals surface area contributed by atoms with Gasteiger partial charge >= 0.3 is 5.97 Å². The van der Waals surface area contributed by atoms with Gasteiger partial charge < -0.3 is 26.2 Å². The van der Waals surface area contributed by atoms with E-state index in [1.165, 1.54) is 121 Å². The van der Waals surface area contributed by atoms with Gasteiger partial charge in [-0.25, -0.2) is 0 Å². The number of hydrogen-bond donors (Lipinski definition) is 0. The molecule has 4 saturated carbocycles. The molecule has 37 heavy (non-hydrogen) atoms. The third kappa shape index (κ3) is 4.77. The molecule has 6 aliphatic rings. The molecule has 4 aliphatic carbocycles. The van der Waals surface area contributed by atoms with Crippen molar-refractivity contribution >= 4 is 5.97 Å². The Morgan fingerprint density at radius 3 is 2.24 bits per heavy atom. The lowest BCUT2D eigenvalue weighted by Crippen LogP contribution is -3.00. The highest BCUT2D eigenvalue weighted by Gasteiger charge is 2.64. The van der Waals surface area contributed by atoms with Gasteiger partial charge in [-0.2, -0.15) is 0 Å². The van der Waals surface area contributed by atoms with Gasteiger partial charge in [-0.05, 0) is 119 Å². The average molecular weight is 580 g/mol. The zero-order chi connectivity index (χ0) is 25.1. The SMILES string of the molecule is CC(=O)O[C@H]1[C@@H](N2CCCCC2)C[C@H]2[C@@H]3CCC4CC[C@@H]([N+]5(C)CCCCC5)C[C@]4(C)[C@H]3CC[C@@]21C.[Br-]. The summed E-state index contributed by atoms with van der Waals surface area (Å²) in [4.78, 5) is 15.1. The summed E-state index contributed by atoms with van der Waals surface area (Å²) >= 11 is 0. The minimum atomic E-state index is -0.0599.